The van der Waals surface area contributed by atoms with Gasteiger partial charge in [0.1, 0.15) is 5.75 Å². The molecule has 0 aliphatic heterocycles. The van der Waals surface area contributed by atoms with Gasteiger partial charge in [-0.05, 0) is 37.6 Å². The van der Waals surface area contributed by atoms with Crippen molar-refractivity contribution in [3.63, 3.8) is 0 Å². The Morgan fingerprint density at radius 3 is 2.37 bits per heavy atom. The average Bonchev–Trinajstić information content (AvgIpc) is 2.38. The maximum atomic E-state index is 9.11. The van der Waals surface area contributed by atoms with Crippen molar-refractivity contribution in [2.24, 2.45) is 11.8 Å². The first-order valence-corrected chi connectivity index (χ1v) is 6.86. The molecule has 19 heavy (non-hydrogen) atoms. The van der Waals surface area contributed by atoms with Crippen molar-refractivity contribution in [3.05, 3.63) is 29.8 Å². The number of hydrogen-bond donors (Lipinski definition) is 0. The average molecular weight is 260 g/mol. The van der Waals surface area contributed by atoms with E-state index in [0.29, 0.717) is 12.5 Å². The third-order valence-corrected chi connectivity index (χ3v) is 3.17. The number of benzene rings is 1. The van der Waals surface area contributed by atoms with Gasteiger partial charge in [-0.2, -0.15) is 5.26 Å². The molecule has 1 aromatic carbocycles. The summed E-state index contributed by atoms with van der Waals surface area (Å²) in [5.41, 5.74) is 1.24. The Hall–Kier alpha value is -1.53. The van der Waals surface area contributed by atoms with Crippen LogP contribution >= 0.6 is 0 Å². The molecule has 104 valence electrons. The molecule has 0 saturated carbocycles. The van der Waals surface area contributed by atoms with Gasteiger partial charge in [-0.15, -0.1) is 0 Å². The van der Waals surface area contributed by atoms with E-state index < -0.39 is 0 Å². The van der Waals surface area contributed by atoms with Crippen molar-refractivity contribution in [1.82, 2.24) is 4.90 Å². The Kier molecular flexibility index (Phi) is 6.38. The molecule has 0 amide bonds. The van der Waals surface area contributed by atoms with Gasteiger partial charge in [0.15, 0.2) is 0 Å². The Morgan fingerprint density at radius 2 is 1.89 bits per heavy atom. The second-order valence-corrected chi connectivity index (χ2v) is 5.25. The Balaban J connectivity index is 2.52. The fourth-order valence-electron chi connectivity index (χ4n) is 1.97. The van der Waals surface area contributed by atoms with E-state index in [1.807, 2.05) is 19.1 Å². The number of nitrogens with zero attached hydrogens (tertiary/aromatic N) is 2. The molecule has 3 nitrogen and oxygen atoms in total. The largest absolute Gasteiger partial charge is 0.494 e. The zero-order chi connectivity index (χ0) is 14.3. The van der Waals surface area contributed by atoms with Gasteiger partial charge in [0.25, 0.3) is 0 Å². The maximum absolute atomic E-state index is 9.11. The predicted molar refractivity (Wildman–Crippen MR) is 77.9 cm³/mol. The van der Waals surface area contributed by atoms with Crippen molar-refractivity contribution in [2.75, 3.05) is 20.2 Å². The van der Waals surface area contributed by atoms with Gasteiger partial charge >= 0.3 is 0 Å². The van der Waals surface area contributed by atoms with Gasteiger partial charge in [0.2, 0.25) is 0 Å². The minimum atomic E-state index is 0.0905. The Bertz CT molecular complexity index is 406. The van der Waals surface area contributed by atoms with Crippen molar-refractivity contribution in [2.45, 2.75) is 27.3 Å². The summed E-state index contributed by atoms with van der Waals surface area (Å²) in [4.78, 5) is 2.20. The standard InChI is InChI=1S/C16H24N2O/c1-5-19-16-8-6-14(7-9-16)11-18(4)12-15(10-17)13(2)3/h6-9,13,15H,5,11-12H2,1-4H3. The molecule has 1 aromatic rings. The van der Waals surface area contributed by atoms with E-state index in [0.717, 1.165) is 18.8 Å². The molecule has 0 aromatic heterocycles. The molecule has 3 heteroatoms. The lowest BCUT2D eigenvalue weighted by Crippen LogP contribution is -2.27. The minimum Gasteiger partial charge on any atom is -0.494 e. The summed E-state index contributed by atoms with van der Waals surface area (Å²) in [6.07, 6.45) is 0. The lowest BCUT2D eigenvalue weighted by atomic mass is 9.97. The highest BCUT2D eigenvalue weighted by Crippen LogP contribution is 2.15. The second-order valence-electron chi connectivity index (χ2n) is 5.25. The number of hydrogen-bond acceptors (Lipinski definition) is 3. The molecule has 0 radical (unpaired) electrons. The second kappa shape index (κ2) is 7.81. The van der Waals surface area contributed by atoms with Crippen LogP contribution in [0.2, 0.25) is 0 Å². The summed E-state index contributed by atoms with van der Waals surface area (Å²) < 4.78 is 5.42. The van der Waals surface area contributed by atoms with Gasteiger partial charge in [-0.1, -0.05) is 26.0 Å². The van der Waals surface area contributed by atoms with E-state index in [1.165, 1.54) is 5.56 Å². The molecule has 0 saturated heterocycles. The van der Waals surface area contributed by atoms with E-state index in [2.05, 4.69) is 44.0 Å². The van der Waals surface area contributed by atoms with Crippen LogP contribution < -0.4 is 4.74 Å². The fourth-order valence-corrected chi connectivity index (χ4v) is 1.97. The summed E-state index contributed by atoms with van der Waals surface area (Å²) in [7, 11) is 2.06. The van der Waals surface area contributed by atoms with Crippen LogP contribution in [0, 0.1) is 23.2 Å². The molecule has 0 heterocycles. The molecule has 0 spiro atoms. The third kappa shape index (κ3) is 5.32. The van der Waals surface area contributed by atoms with Crippen LogP contribution in [0.5, 0.6) is 5.75 Å². The van der Waals surface area contributed by atoms with Crippen molar-refractivity contribution in [1.29, 1.82) is 5.26 Å². The number of nitriles is 1. The smallest absolute Gasteiger partial charge is 0.119 e. The summed E-state index contributed by atoms with van der Waals surface area (Å²) >= 11 is 0. The summed E-state index contributed by atoms with van der Waals surface area (Å²) in [6, 6.07) is 10.5. The molecule has 0 aliphatic carbocycles. The molecule has 1 unspecified atom stereocenters. The monoisotopic (exact) mass is 260 g/mol. The van der Waals surface area contributed by atoms with Gasteiger partial charge in [0, 0.05) is 13.1 Å². The predicted octanol–water partition coefficient (Wildman–Crippen LogP) is 3.31. The fraction of sp³-hybridized carbons (Fsp3) is 0.562. The van der Waals surface area contributed by atoms with Gasteiger partial charge < -0.3 is 9.64 Å². The molecular formula is C16H24N2O. The maximum Gasteiger partial charge on any atom is 0.119 e. The minimum absolute atomic E-state index is 0.0905. The van der Waals surface area contributed by atoms with E-state index in [1.54, 1.807) is 0 Å². The zero-order valence-electron chi connectivity index (χ0n) is 12.4. The van der Waals surface area contributed by atoms with Crippen molar-refractivity contribution < 1.29 is 4.74 Å². The Morgan fingerprint density at radius 1 is 1.26 bits per heavy atom. The SMILES string of the molecule is CCOc1ccc(CN(C)CC(C#N)C(C)C)cc1. The Labute approximate surface area is 116 Å². The molecule has 1 atom stereocenters. The highest BCUT2D eigenvalue weighted by molar-refractivity contribution is 5.27. The highest BCUT2D eigenvalue weighted by atomic mass is 16.5. The lowest BCUT2D eigenvalue weighted by molar-refractivity contribution is 0.265. The van der Waals surface area contributed by atoms with E-state index in [9.17, 15) is 0 Å². The van der Waals surface area contributed by atoms with Crippen LogP contribution in [0.15, 0.2) is 24.3 Å². The van der Waals surface area contributed by atoms with Gasteiger partial charge in [0.05, 0.1) is 18.6 Å². The number of rotatable bonds is 7. The molecule has 0 bridgehead atoms. The quantitative estimate of drug-likeness (QED) is 0.754. The third-order valence-electron chi connectivity index (χ3n) is 3.17. The first-order valence-electron chi connectivity index (χ1n) is 6.86. The van der Waals surface area contributed by atoms with Crippen LogP contribution in [0.3, 0.4) is 0 Å². The summed E-state index contributed by atoms with van der Waals surface area (Å²) in [5, 5.41) is 9.11. The van der Waals surface area contributed by atoms with E-state index >= 15 is 0 Å². The molecule has 1 rings (SSSR count). The highest BCUT2D eigenvalue weighted by Gasteiger charge is 2.14. The van der Waals surface area contributed by atoms with Crippen LogP contribution in [0.1, 0.15) is 26.3 Å². The van der Waals surface area contributed by atoms with Gasteiger partial charge in [-0.3, -0.25) is 0 Å². The summed E-state index contributed by atoms with van der Waals surface area (Å²) in [6.45, 7) is 8.53. The molecule has 0 N–H and O–H groups in total. The number of ether oxygens (including phenoxy) is 1. The van der Waals surface area contributed by atoms with E-state index in [4.69, 9.17) is 10.00 Å². The lowest BCUT2D eigenvalue weighted by Gasteiger charge is -2.22. The van der Waals surface area contributed by atoms with E-state index in [-0.39, 0.29) is 5.92 Å². The first-order chi connectivity index (χ1) is 9.06. The van der Waals surface area contributed by atoms with Crippen molar-refractivity contribution >= 4 is 0 Å². The molecule has 0 fully saturated rings. The normalized spacial score (nSPS) is 12.5. The summed E-state index contributed by atoms with van der Waals surface area (Å²) in [5.74, 6) is 1.39. The molecular weight excluding hydrogens is 236 g/mol. The topological polar surface area (TPSA) is 36.3 Å². The van der Waals surface area contributed by atoms with Gasteiger partial charge in [-0.25, -0.2) is 0 Å². The van der Waals surface area contributed by atoms with Crippen LogP contribution in [-0.2, 0) is 6.54 Å². The van der Waals surface area contributed by atoms with Crippen LogP contribution in [-0.4, -0.2) is 25.1 Å². The van der Waals surface area contributed by atoms with Crippen LogP contribution in [0.4, 0.5) is 0 Å². The first kappa shape index (κ1) is 15.5. The molecule has 0 aliphatic rings. The van der Waals surface area contributed by atoms with Crippen molar-refractivity contribution in [3.8, 4) is 11.8 Å². The van der Waals surface area contributed by atoms with Crippen LogP contribution in [0.25, 0.3) is 0 Å². The zero-order valence-corrected chi connectivity index (χ0v) is 12.4.